The Kier molecular flexibility index (Phi) is 6.33. The lowest BCUT2D eigenvalue weighted by Gasteiger charge is -2.35. The third kappa shape index (κ3) is 5.70. The van der Waals surface area contributed by atoms with E-state index in [1.54, 1.807) is 24.3 Å². The zero-order chi connectivity index (χ0) is 21.9. The van der Waals surface area contributed by atoms with Gasteiger partial charge in [-0.05, 0) is 36.8 Å². The maximum atomic E-state index is 14.1. The summed E-state index contributed by atoms with van der Waals surface area (Å²) in [5.74, 6) is -3.82. The van der Waals surface area contributed by atoms with E-state index in [2.05, 4.69) is 9.71 Å². The van der Waals surface area contributed by atoms with E-state index in [4.69, 9.17) is 10.00 Å². The third-order valence-electron chi connectivity index (χ3n) is 4.88. The van der Waals surface area contributed by atoms with E-state index in [0.717, 1.165) is 12.3 Å². The molecule has 1 aliphatic carbocycles. The van der Waals surface area contributed by atoms with Gasteiger partial charge in [0, 0.05) is 36.6 Å². The number of nitriles is 1. The summed E-state index contributed by atoms with van der Waals surface area (Å²) in [5.41, 5.74) is 0.646. The van der Waals surface area contributed by atoms with E-state index in [-0.39, 0.29) is 30.7 Å². The molecule has 3 rings (SSSR count). The first-order valence-electron chi connectivity index (χ1n) is 9.20. The van der Waals surface area contributed by atoms with E-state index in [0.29, 0.717) is 11.3 Å². The van der Waals surface area contributed by atoms with E-state index in [1.807, 2.05) is 6.07 Å². The zero-order valence-electron chi connectivity index (χ0n) is 16.1. The lowest BCUT2D eigenvalue weighted by Crippen LogP contribution is -2.48. The van der Waals surface area contributed by atoms with E-state index >= 15 is 0 Å². The molecule has 2 atom stereocenters. The number of benzene rings is 1. The molecular weight excluding hydrogens is 419 g/mol. The van der Waals surface area contributed by atoms with Crippen LogP contribution in [-0.2, 0) is 10.0 Å². The summed E-state index contributed by atoms with van der Waals surface area (Å²) in [4.78, 5) is 3.94. The van der Waals surface area contributed by atoms with Crippen LogP contribution in [0.3, 0.4) is 0 Å². The number of rotatable bonds is 6. The van der Waals surface area contributed by atoms with Gasteiger partial charge in [-0.15, -0.1) is 0 Å². The van der Waals surface area contributed by atoms with Gasteiger partial charge in [-0.25, -0.2) is 26.3 Å². The molecule has 0 radical (unpaired) electrons. The number of sulfonamides is 1. The van der Waals surface area contributed by atoms with Crippen LogP contribution in [0, 0.1) is 23.1 Å². The van der Waals surface area contributed by atoms with Crippen LogP contribution in [-0.4, -0.2) is 38.2 Å². The van der Waals surface area contributed by atoms with Gasteiger partial charge >= 0.3 is 0 Å². The molecule has 0 unspecified atom stereocenters. The highest BCUT2D eigenvalue weighted by Crippen LogP contribution is 2.37. The smallest absolute Gasteiger partial charge is 0.248 e. The topological polar surface area (TPSA) is 92.1 Å². The number of aromatic nitrogens is 1. The van der Waals surface area contributed by atoms with Crippen LogP contribution in [0.5, 0.6) is 5.75 Å². The Balaban J connectivity index is 1.69. The standard InChI is InChI=1S/C20H20F3N3O3S/c1-30(27,28)26-18-6-7-20(22,23)9-15(18)12-29-16-4-2-14(3-5-16)19-17(21)8-13(10-24)11-25-19/h2-5,8,11,15,18,26H,6-7,9,12H2,1H3/t15-,18-/m0/s1. The summed E-state index contributed by atoms with van der Waals surface area (Å²) < 4.78 is 72.8. The molecule has 2 aromatic rings. The minimum absolute atomic E-state index is 0.0245. The molecule has 0 bridgehead atoms. The first-order chi connectivity index (χ1) is 14.1. The molecule has 1 heterocycles. The van der Waals surface area contributed by atoms with Crippen molar-refractivity contribution < 1.29 is 26.3 Å². The summed E-state index contributed by atoms with van der Waals surface area (Å²) in [6, 6.07) is 8.50. The van der Waals surface area contributed by atoms with Crippen LogP contribution in [0.1, 0.15) is 24.8 Å². The highest BCUT2D eigenvalue weighted by molar-refractivity contribution is 7.88. The van der Waals surface area contributed by atoms with Crippen molar-refractivity contribution in [2.45, 2.75) is 31.2 Å². The number of alkyl halides is 2. The molecule has 0 amide bonds. The Morgan fingerprint density at radius 1 is 1.33 bits per heavy atom. The van der Waals surface area contributed by atoms with Gasteiger partial charge in [0.2, 0.25) is 15.9 Å². The van der Waals surface area contributed by atoms with Crippen molar-refractivity contribution in [2.24, 2.45) is 5.92 Å². The van der Waals surface area contributed by atoms with Gasteiger partial charge < -0.3 is 4.74 Å². The number of pyridine rings is 1. The van der Waals surface area contributed by atoms with Crippen molar-refractivity contribution in [2.75, 3.05) is 12.9 Å². The number of nitrogens with one attached hydrogen (secondary N) is 1. The van der Waals surface area contributed by atoms with Crippen LogP contribution < -0.4 is 9.46 Å². The van der Waals surface area contributed by atoms with Gasteiger partial charge in [0.1, 0.15) is 17.5 Å². The molecule has 1 aromatic carbocycles. The van der Waals surface area contributed by atoms with Crippen molar-refractivity contribution in [3.8, 4) is 23.1 Å². The Bertz CT molecular complexity index is 1050. The predicted octanol–water partition coefficient (Wildman–Crippen LogP) is 3.49. The lowest BCUT2D eigenvalue weighted by atomic mass is 9.83. The van der Waals surface area contributed by atoms with Gasteiger partial charge in [0.05, 0.1) is 18.4 Å². The van der Waals surface area contributed by atoms with Crippen LogP contribution >= 0.6 is 0 Å². The van der Waals surface area contributed by atoms with Gasteiger partial charge in [0.25, 0.3) is 0 Å². The van der Waals surface area contributed by atoms with Crippen LogP contribution in [0.25, 0.3) is 11.3 Å². The maximum absolute atomic E-state index is 14.1. The number of nitrogens with zero attached hydrogens (tertiary/aromatic N) is 2. The molecular formula is C20H20F3N3O3S. The summed E-state index contributed by atoms with van der Waals surface area (Å²) in [5, 5.41) is 8.78. The molecule has 1 N–H and O–H groups in total. The molecule has 30 heavy (non-hydrogen) atoms. The normalized spacial score (nSPS) is 21.0. The largest absolute Gasteiger partial charge is 0.493 e. The first-order valence-corrected chi connectivity index (χ1v) is 11.1. The molecule has 160 valence electrons. The zero-order valence-corrected chi connectivity index (χ0v) is 16.9. The molecule has 0 saturated heterocycles. The van der Waals surface area contributed by atoms with Crippen molar-refractivity contribution in [3.63, 3.8) is 0 Å². The first kappa shape index (κ1) is 22.1. The predicted molar refractivity (Wildman–Crippen MR) is 104 cm³/mol. The number of ether oxygens (including phenoxy) is 1. The Morgan fingerprint density at radius 3 is 2.63 bits per heavy atom. The van der Waals surface area contributed by atoms with Gasteiger partial charge in [-0.2, -0.15) is 5.26 Å². The summed E-state index contributed by atoms with van der Waals surface area (Å²) in [6.07, 6.45) is 1.43. The van der Waals surface area contributed by atoms with Gasteiger partial charge in [-0.1, -0.05) is 0 Å². The average Bonchev–Trinajstić information content (AvgIpc) is 2.67. The highest BCUT2D eigenvalue weighted by Gasteiger charge is 2.42. The monoisotopic (exact) mass is 439 g/mol. The van der Waals surface area contributed by atoms with Crippen molar-refractivity contribution >= 4 is 10.0 Å². The van der Waals surface area contributed by atoms with Crippen molar-refractivity contribution in [3.05, 3.63) is 47.9 Å². The van der Waals surface area contributed by atoms with Crippen molar-refractivity contribution in [1.29, 1.82) is 5.26 Å². The minimum atomic E-state index is -3.54. The number of hydrogen-bond donors (Lipinski definition) is 1. The maximum Gasteiger partial charge on any atom is 0.248 e. The Labute approximate surface area is 172 Å². The summed E-state index contributed by atoms with van der Waals surface area (Å²) in [7, 11) is -3.54. The second-order valence-corrected chi connectivity index (χ2v) is 9.14. The molecule has 1 aliphatic rings. The van der Waals surface area contributed by atoms with Gasteiger partial charge in [-0.3, -0.25) is 4.98 Å². The fraction of sp³-hybridized carbons (Fsp3) is 0.400. The molecule has 6 nitrogen and oxygen atoms in total. The Morgan fingerprint density at radius 2 is 2.03 bits per heavy atom. The number of halogens is 3. The van der Waals surface area contributed by atoms with Crippen molar-refractivity contribution in [1.82, 2.24) is 9.71 Å². The van der Waals surface area contributed by atoms with Crippen LogP contribution in [0.2, 0.25) is 0 Å². The average molecular weight is 439 g/mol. The summed E-state index contributed by atoms with van der Waals surface area (Å²) >= 11 is 0. The molecule has 1 fully saturated rings. The SMILES string of the molecule is CS(=O)(=O)N[C@H]1CCC(F)(F)C[C@H]1COc1ccc(-c2ncc(C#N)cc2F)cc1. The quantitative estimate of drug-likeness (QED) is 0.744. The molecule has 0 aliphatic heterocycles. The summed E-state index contributed by atoms with van der Waals surface area (Å²) in [6.45, 7) is -0.0917. The van der Waals surface area contributed by atoms with Crippen LogP contribution in [0.15, 0.2) is 36.5 Å². The highest BCUT2D eigenvalue weighted by atomic mass is 32.2. The second kappa shape index (κ2) is 8.62. The van der Waals surface area contributed by atoms with Gasteiger partial charge in [0.15, 0.2) is 5.82 Å². The number of hydrogen-bond acceptors (Lipinski definition) is 5. The fourth-order valence-corrected chi connectivity index (χ4v) is 4.32. The van der Waals surface area contributed by atoms with Crippen LogP contribution in [0.4, 0.5) is 13.2 Å². The molecule has 10 heteroatoms. The second-order valence-electron chi connectivity index (χ2n) is 7.36. The lowest BCUT2D eigenvalue weighted by molar-refractivity contribution is -0.0660. The fourth-order valence-electron chi connectivity index (χ4n) is 3.46. The van der Waals surface area contributed by atoms with E-state index < -0.39 is 40.1 Å². The third-order valence-corrected chi connectivity index (χ3v) is 5.61. The van der Waals surface area contributed by atoms with E-state index in [9.17, 15) is 21.6 Å². The molecule has 0 spiro atoms. The Hall–Kier alpha value is -2.64. The molecule has 1 aromatic heterocycles. The minimum Gasteiger partial charge on any atom is -0.493 e. The van der Waals surface area contributed by atoms with E-state index in [1.165, 1.54) is 6.20 Å². The molecule has 1 saturated carbocycles.